The zero-order chi connectivity index (χ0) is 25.5. The van der Waals surface area contributed by atoms with Gasteiger partial charge in [0.2, 0.25) is 0 Å². The van der Waals surface area contributed by atoms with Crippen LogP contribution in [0.5, 0.6) is 0 Å². The third-order valence-corrected chi connectivity index (χ3v) is 6.73. The maximum atomic E-state index is 13.3. The van der Waals surface area contributed by atoms with E-state index in [2.05, 4.69) is 9.97 Å². The molecule has 0 aliphatic heterocycles. The number of carbonyl (C=O) groups excluding carboxylic acids is 1. The summed E-state index contributed by atoms with van der Waals surface area (Å²) >= 11 is 2.78. The van der Waals surface area contributed by atoms with Crippen LogP contribution in [-0.2, 0) is 25.4 Å². The molecule has 0 bridgehead atoms. The number of carboxylic acid groups (broad SMARTS) is 2. The van der Waals surface area contributed by atoms with Crippen molar-refractivity contribution in [1.82, 2.24) is 9.97 Å². The summed E-state index contributed by atoms with van der Waals surface area (Å²) < 4.78 is 5.24. The number of ether oxygens (including phenoxy) is 1. The van der Waals surface area contributed by atoms with Gasteiger partial charge >= 0.3 is 17.9 Å². The van der Waals surface area contributed by atoms with Gasteiger partial charge in [0.05, 0.1) is 23.6 Å². The van der Waals surface area contributed by atoms with Crippen molar-refractivity contribution in [3.8, 4) is 11.3 Å². The van der Waals surface area contributed by atoms with Crippen molar-refractivity contribution in [3.05, 3.63) is 41.3 Å². The number of aromatic nitrogens is 2. The number of aliphatic carboxylic acids is 2. The van der Waals surface area contributed by atoms with E-state index < -0.39 is 29.0 Å². The minimum Gasteiger partial charge on any atom is -0.480 e. The average molecular weight is 511 g/mol. The standard InChI is InChI=1S/C22H30N4O6S2/c1-4-32-18(27)14-15(21(23,19(28)29)7-11-33-2)16(13-5-9-25-10-6-13)26-17(14)22(24,20(30)31)8-12-34-3/h5-6,9-10,26H,4,7-8,11-12,23-24H2,1-3H3,(H,28,29)(H,30,31). The van der Waals surface area contributed by atoms with E-state index in [-0.39, 0.29) is 42.0 Å². The van der Waals surface area contributed by atoms with Crippen LogP contribution >= 0.6 is 23.5 Å². The molecule has 2 unspecified atom stereocenters. The van der Waals surface area contributed by atoms with Crippen LogP contribution in [0.3, 0.4) is 0 Å². The van der Waals surface area contributed by atoms with Crippen molar-refractivity contribution < 1.29 is 29.3 Å². The lowest BCUT2D eigenvalue weighted by molar-refractivity contribution is -0.144. The quantitative estimate of drug-likeness (QED) is 0.249. The zero-order valence-corrected chi connectivity index (χ0v) is 20.9. The lowest BCUT2D eigenvalue weighted by Crippen LogP contribution is -2.48. The van der Waals surface area contributed by atoms with Crippen LogP contribution in [0.1, 0.15) is 41.4 Å². The van der Waals surface area contributed by atoms with Gasteiger partial charge in [0.15, 0.2) is 5.54 Å². The highest BCUT2D eigenvalue weighted by atomic mass is 32.2. The first-order valence-electron chi connectivity index (χ1n) is 10.4. The molecule has 0 fully saturated rings. The van der Waals surface area contributed by atoms with Gasteiger partial charge in [0.1, 0.15) is 5.54 Å². The van der Waals surface area contributed by atoms with Crippen molar-refractivity contribution >= 4 is 41.4 Å². The molecular formula is C22H30N4O6S2. The van der Waals surface area contributed by atoms with E-state index in [4.69, 9.17) is 16.2 Å². The average Bonchev–Trinajstić information content (AvgIpc) is 3.23. The van der Waals surface area contributed by atoms with E-state index in [9.17, 15) is 24.6 Å². The number of nitrogens with zero attached hydrogens (tertiary/aromatic N) is 1. The van der Waals surface area contributed by atoms with Crippen LogP contribution in [0.25, 0.3) is 11.3 Å². The molecular weight excluding hydrogens is 480 g/mol. The Bertz CT molecular complexity index is 1030. The second-order valence-corrected chi connectivity index (χ2v) is 9.59. The van der Waals surface area contributed by atoms with Crippen LogP contribution in [0.2, 0.25) is 0 Å². The van der Waals surface area contributed by atoms with Crippen molar-refractivity contribution in [2.75, 3.05) is 30.6 Å². The number of thioether (sulfide) groups is 2. The second kappa shape index (κ2) is 11.7. The highest BCUT2D eigenvalue weighted by Crippen LogP contribution is 2.41. The molecule has 0 saturated carbocycles. The summed E-state index contributed by atoms with van der Waals surface area (Å²) in [6, 6.07) is 3.21. The number of carboxylic acids is 2. The lowest BCUT2D eigenvalue weighted by Gasteiger charge is -2.28. The molecule has 34 heavy (non-hydrogen) atoms. The Hall–Kier alpha value is -2.54. The van der Waals surface area contributed by atoms with Gasteiger partial charge in [-0.15, -0.1) is 0 Å². The molecule has 0 aliphatic rings. The van der Waals surface area contributed by atoms with Crippen LogP contribution in [0.15, 0.2) is 24.5 Å². The highest BCUT2D eigenvalue weighted by molar-refractivity contribution is 7.98. The van der Waals surface area contributed by atoms with Crippen LogP contribution in [0.4, 0.5) is 0 Å². The summed E-state index contributed by atoms with van der Waals surface area (Å²) in [5, 5.41) is 20.3. The smallest absolute Gasteiger partial charge is 0.340 e. The molecule has 2 aromatic heterocycles. The minimum atomic E-state index is -2.03. The Morgan fingerprint density at radius 1 is 1.03 bits per heavy atom. The molecule has 0 saturated heterocycles. The predicted octanol–water partition coefficient (Wildman–Crippen LogP) is 2.24. The number of aromatic amines is 1. The molecule has 0 spiro atoms. The van der Waals surface area contributed by atoms with Crippen molar-refractivity contribution in [1.29, 1.82) is 0 Å². The number of nitrogens with one attached hydrogen (secondary N) is 1. The normalized spacial score (nSPS) is 14.7. The van der Waals surface area contributed by atoms with Gasteiger partial charge in [-0.3, -0.25) is 4.98 Å². The molecule has 2 rings (SSSR count). The molecule has 2 atom stereocenters. The molecule has 0 amide bonds. The lowest BCUT2D eigenvalue weighted by atomic mass is 9.81. The summed E-state index contributed by atoms with van der Waals surface area (Å²) in [5.74, 6) is -2.88. The Labute approximate surface area is 206 Å². The van der Waals surface area contributed by atoms with E-state index in [0.717, 1.165) is 0 Å². The fourth-order valence-electron chi connectivity index (χ4n) is 3.63. The summed E-state index contributed by atoms with van der Waals surface area (Å²) in [6.45, 7) is 1.58. The largest absolute Gasteiger partial charge is 0.480 e. The number of H-pyrrole nitrogens is 1. The third kappa shape index (κ3) is 5.40. The van der Waals surface area contributed by atoms with Gasteiger partial charge < -0.3 is 31.4 Å². The number of nitrogens with two attached hydrogens (primary N) is 2. The SMILES string of the molecule is CCOC(=O)c1c(C(N)(CCSC)C(=O)O)[nH]c(-c2ccncc2)c1C(N)(CCSC)C(=O)O. The van der Waals surface area contributed by atoms with Gasteiger partial charge in [-0.2, -0.15) is 23.5 Å². The van der Waals surface area contributed by atoms with Gasteiger partial charge in [-0.25, -0.2) is 14.4 Å². The molecule has 0 aliphatic carbocycles. The molecule has 10 nitrogen and oxygen atoms in total. The number of rotatable bonds is 13. The first-order chi connectivity index (χ1) is 16.1. The molecule has 2 heterocycles. The van der Waals surface area contributed by atoms with Gasteiger partial charge in [0, 0.05) is 23.5 Å². The Kier molecular flexibility index (Phi) is 9.56. The topological polar surface area (TPSA) is 182 Å². The predicted molar refractivity (Wildman–Crippen MR) is 133 cm³/mol. The van der Waals surface area contributed by atoms with E-state index in [0.29, 0.717) is 17.1 Å². The van der Waals surface area contributed by atoms with E-state index in [1.165, 1.54) is 35.9 Å². The van der Waals surface area contributed by atoms with Crippen LogP contribution in [0, 0.1) is 0 Å². The molecule has 12 heteroatoms. The van der Waals surface area contributed by atoms with Crippen molar-refractivity contribution in [2.45, 2.75) is 30.8 Å². The third-order valence-electron chi connectivity index (χ3n) is 5.51. The fraction of sp³-hybridized carbons (Fsp3) is 0.455. The zero-order valence-electron chi connectivity index (χ0n) is 19.3. The second-order valence-electron chi connectivity index (χ2n) is 7.62. The fourth-order valence-corrected chi connectivity index (χ4v) is 4.68. The molecule has 186 valence electrons. The molecule has 2 aromatic rings. The number of esters is 1. The number of carbonyl (C=O) groups is 3. The number of pyridine rings is 1. The monoisotopic (exact) mass is 510 g/mol. The van der Waals surface area contributed by atoms with E-state index >= 15 is 0 Å². The Morgan fingerprint density at radius 2 is 1.56 bits per heavy atom. The minimum absolute atomic E-state index is 0.0155. The summed E-state index contributed by atoms with van der Waals surface area (Å²) in [6.07, 6.45) is 6.53. The maximum absolute atomic E-state index is 13.3. The van der Waals surface area contributed by atoms with E-state index in [1.807, 2.05) is 0 Å². The molecule has 0 aromatic carbocycles. The van der Waals surface area contributed by atoms with E-state index in [1.54, 1.807) is 31.6 Å². The summed E-state index contributed by atoms with van der Waals surface area (Å²) in [5.41, 5.74) is 9.05. The maximum Gasteiger partial charge on any atom is 0.340 e. The van der Waals surface area contributed by atoms with Crippen molar-refractivity contribution in [2.24, 2.45) is 11.5 Å². The molecule has 7 N–H and O–H groups in total. The van der Waals surface area contributed by atoms with Gasteiger partial charge in [-0.05, 0) is 55.9 Å². The van der Waals surface area contributed by atoms with Crippen molar-refractivity contribution in [3.63, 3.8) is 0 Å². The first kappa shape index (κ1) is 27.7. The highest BCUT2D eigenvalue weighted by Gasteiger charge is 2.48. The summed E-state index contributed by atoms with van der Waals surface area (Å²) in [4.78, 5) is 45.2. The molecule has 0 radical (unpaired) electrons. The van der Waals surface area contributed by atoms with Gasteiger partial charge in [0.25, 0.3) is 0 Å². The number of hydrogen-bond acceptors (Lipinski definition) is 9. The first-order valence-corrected chi connectivity index (χ1v) is 13.2. The Morgan fingerprint density at radius 3 is 2.03 bits per heavy atom. The summed E-state index contributed by atoms with van der Waals surface area (Å²) in [7, 11) is 0. The Balaban J connectivity index is 3.04. The van der Waals surface area contributed by atoms with Gasteiger partial charge in [-0.1, -0.05) is 0 Å². The number of hydrogen-bond donors (Lipinski definition) is 5. The van der Waals surface area contributed by atoms with Crippen LogP contribution < -0.4 is 11.5 Å². The van der Waals surface area contributed by atoms with Crippen LogP contribution in [-0.4, -0.2) is 68.7 Å².